The predicted molar refractivity (Wildman–Crippen MR) is 79.2 cm³/mol. The summed E-state index contributed by atoms with van der Waals surface area (Å²) in [4.78, 5) is 13.3. The third kappa shape index (κ3) is 2.64. The Labute approximate surface area is 119 Å². The monoisotopic (exact) mass is 274 g/mol. The minimum Gasteiger partial charge on any atom is -0.373 e. The molecule has 0 fully saturated rings. The van der Waals surface area contributed by atoms with Crippen LogP contribution in [-0.2, 0) is 19.3 Å². The van der Waals surface area contributed by atoms with Crippen molar-refractivity contribution in [2.75, 3.05) is 12.4 Å². The Bertz CT molecular complexity index is 575. The van der Waals surface area contributed by atoms with Crippen molar-refractivity contribution in [3.63, 3.8) is 0 Å². The van der Waals surface area contributed by atoms with E-state index in [2.05, 4.69) is 46.1 Å². The summed E-state index contributed by atoms with van der Waals surface area (Å²) in [5, 5.41) is 7.71. The summed E-state index contributed by atoms with van der Waals surface area (Å²) < 4.78 is 1.87. The van der Waals surface area contributed by atoms with Gasteiger partial charge in [0, 0.05) is 25.5 Å². The smallest absolute Gasteiger partial charge is 0.164 e. The van der Waals surface area contributed by atoms with Gasteiger partial charge in [0.15, 0.2) is 11.6 Å². The Morgan fingerprint density at radius 1 is 1.15 bits per heavy atom. The second-order valence-electron chi connectivity index (χ2n) is 4.59. The summed E-state index contributed by atoms with van der Waals surface area (Å²) in [6.07, 6.45) is 5.18. The molecule has 0 saturated carbocycles. The van der Waals surface area contributed by atoms with Crippen LogP contribution in [0.5, 0.6) is 0 Å². The van der Waals surface area contributed by atoms with Gasteiger partial charge >= 0.3 is 0 Å². The lowest BCUT2D eigenvalue weighted by molar-refractivity contribution is 0.746. The Morgan fingerprint density at radius 3 is 2.55 bits per heavy atom. The maximum absolute atomic E-state index is 4.58. The van der Waals surface area contributed by atoms with Crippen LogP contribution in [0.25, 0.3) is 5.82 Å². The van der Waals surface area contributed by atoms with Crippen molar-refractivity contribution in [2.24, 2.45) is 0 Å². The highest BCUT2D eigenvalue weighted by molar-refractivity contribution is 5.51. The van der Waals surface area contributed by atoms with Crippen molar-refractivity contribution in [1.82, 2.24) is 24.7 Å². The maximum Gasteiger partial charge on any atom is 0.164 e. The predicted octanol–water partition coefficient (Wildman–Crippen LogP) is 2.18. The van der Waals surface area contributed by atoms with Gasteiger partial charge in [-0.3, -0.25) is 0 Å². The van der Waals surface area contributed by atoms with Crippen molar-refractivity contribution in [2.45, 2.75) is 46.5 Å². The first-order chi connectivity index (χ1) is 9.74. The summed E-state index contributed by atoms with van der Waals surface area (Å²) >= 11 is 0. The Balaban J connectivity index is 2.59. The molecule has 0 aromatic carbocycles. The molecule has 1 N–H and O–H groups in total. The largest absolute Gasteiger partial charge is 0.373 e. The van der Waals surface area contributed by atoms with Gasteiger partial charge in [0.1, 0.15) is 18.0 Å². The quantitative estimate of drug-likeness (QED) is 0.874. The summed E-state index contributed by atoms with van der Waals surface area (Å²) in [5.41, 5.74) is 1.10. The topological polar surface area (TPSA) is 68.5 Å². The first-order valence-electron chi connectivity index (χ1n) is 7.21. The fraction of sp³-hybridized carbons (Fsp3) is 0.571. The van der Waals surface area contributed by atoms with Crippen molar-refractivity contribution in [3.05, 3.63) is 23.5 Å². The SMILES string of the molecule is CCCc1c(NC)ncnc1-n1nc(CC)nc1CC. The zero-order valence-electron chi connectivity index (χ0n) is 12.6. The molecule has 2 aromatic rings. The second-order valence-corrected chi connectivity index (χ2v) is 4.59. The second kappa shape index (κ2) is 6.45. The van der Waals surface area contributed by atoms with Crippen LogP contribution in [-0.4, -0.2) is 31.8 Å². The van der Waals surface area contributed by atoms with Crippen LogP contribution < -0.4 is 5.32 Å². The van der Waals surface area contributed by atoms with Gasteiger partial charge in [-0.05, 0) is 6.42 Å². The van der Waals surface area contributed by atoms with Gasteiger partial charge in [-0.25, -0.2) is 15.0 Å². The number of aromatic nitrogens is 5. The number of aryl methyl sites for hydroxylation is 2. The van der Waals surface area contributed by atoms with Gasteiger partial charge in [0.25, 0.3) is 0 Å². The molecule has 108 valence electrons. The van der Waals surface area contributed by atoms with E-state index < -0.39 is 0 Å². The van der Waals surface area contributed by atoms with Gasteiger partial charge in [0.05, 0.1) is 0 Å². The molecule has 20 heavy (non-hydrogen) atoms. The molecule has 0 aliphatic rings. The van der Waals surface area contributed by atoms with E-state index in [0.29, 0.717) is 0 Å². The molecule has 0 spiro atoms. The minimum absolute atomic E-state index is 0.826. The average molecular weight is 274 g/mol. The van der Waals surface area contributed by atoms with E-state index in [0.717, 1.165) is 54.5 Å². The molecule has 0 bridgehead atoms. The highest BCUT2D eigenvalue weighted by atomic mass is 15.4. The van der Waals surface area contributed by atoms with E-state index >= 15 is 0 Å². The lowest BCUT2D eigenvalue weighted by atomic mass is 10.1. The summed E-state index contributed by atoms with van der Waals surface area (Å²) in [5.74, 6) is 3.51. The fourth-order valence-corrected chi connectivity index (χ4v) is 2.22. The van der Waals surface area contributed by atoms with E-state index in [4.69, 9.17) is 0 Å². The number of hydrogen-bond acceptors (Lipinski definition) is 5. The Kier molecular flexibility index (Phi) is 4.65. The van der Waals surface area contributed by atoms with Gasteiger partial charge in [-0.15, -0.1) is 5.10 Å². The molecule has 0 aliphatic heterocycles. The number of rotatable bonds is 6. The van der Waals surface area contributed by atoms with E-state index in [9.17, 15) is 0 Å². The number of nitrogens with one attached hydrogen (secondary N) is 1. The van der Waals surface area contributed by atoms with Crippen LogP contribution >= 0.6 is 0 Å². The highest BCUT2D eigenvalue weighted by Crippen LogP contribution is 2.21. The molecular weight excluding hydrogens is 252 g/mol. The van der Waals surface area contributed by atoms with Gasteiger partial charge in [-0.1, -0.05) is 27.2 Å². The molecule has 0 saturated heterocycles. The fourth-order valence-electron chi connectivity index (χ4n) is 2.22. The van der Waals surface area contributed by atoms with Gasteiger partial charge < -0.3 is 5.32 Å². The molecule has 6 nitrogen and oxygen atoms in total. The van der Waals surface area contributed by atoms with Crippen LogP contribution in [0.3, 0.4) is 0 Å². The van der Waals surface area contributed by atoms with E-state index in [1.807, 2.05) is 11.7 Å². The van der Waals surface area contributed by atoms with E-state index in [1.54, 1.807) is 6.33 Å². The Hall–Kier alpha value is -1.98. The maximum atomic E-state index is 4.58. The molecule has 0 aliphatic carbocycles. The molecule has 0 atom stereocenters. The lowest BCUT2D eigenvalue weighted by Gasteiger charge is -2.12. The average Bonchev–Trinajstić information content (AvgIpc) is 2.91. The van der Waals surface area contributed by atoms with Crippen molar-refractivity contribution >= 4 is 5.82 Å². The van der Waals surface area contributed by atoms with Crippen LogP contribution in [0.15, 0.2) is 6.33 Å². The molecule has 2 rings (SSSR count). The van der Waals surface area contributed by atoms with Crippen LogP contribution in [0.1, 0.15) is 44.4 Å². The molecule has 2 heterocycles. The summed E-state index contributed by atoms with van der Waals surface area (Å²) in [6.45, 7) is 6.29. The van der Waals surface area contributed by atoms with Gasteiger partial charge in [0.2, 0.25) is 0 Å². The molecule has 0 amide bonds. The van der Waals surface area contributed by atoms with E-state index in [1.165, 1.54) is 0 Å². The molecule has 2 aromatic heterocycles. The molecule has 0 radical (unpaired) electrons. The first kappa shape index (κ1) is 14.4. The standard InChI is InChI=1S/C14H22N6/c1-5-8-10-13(15-4)16-9-17-14(10)20-12(7-3)18-11(6-2)19-20/h9H,5-8H2,1-4H3,(H,15,16,17). The zero-order chi connectivity index (χ0) is 14.5. The van der Waals surface area contributed by atoms with Crippen molar-refractivity contribution in [1.29, 1.82) is 0 Å². The van der Waals surface area contributed by atoms with Crippen LogP contribution in [0.2, 0.25) is 0 Å². The third-order valence-corrected chi connectivity index (χ3v) is 3.21. The minimum atomic E-state index is 0.826. The summed E-state index contributed by atoms with van der Waals surface area (Å²) in [6, 6.07) is 0. The Morgan fingerprint density at radius 2 is 1.95 bits per heavy atom. The van der Waals surface area contributed by atoms with Crippen LogP contribution in [0.4, 0.5) is 5.82 Å². The van der Waals surface area contributed by atoms with Crippen LogP contribution in [0, 0.1) is 0 Å². The number of nitrogens with zero attached hydrogens (tertiary/aromatic N) is 5. The molecule has 0 unspecified atom stereocenters. The highest BCUT2D eigenvalue weighted by Gasteiger charge is 2.16. The normalized spacial score (nSPS) is 10.8. The summed E-state index contributed by atoms with van der Waals surface area (Å²) in [7, 11) is 1.88. The first-order valence-corrected chi connectivity index (χ1v) is 7.21. The molecular formula is C14H22N6. The third-order valence-electron chi connectivity index (χ3n) is 3.21. The van der Waals surface area contributed by atoms with Crippen molar-refractivity contribution < 1.29 is 0 Å². The molecule has 6 heteroatoms. The number of hydrogen-bond donors (Lipinski definition) is 1. The van der Waals surface area contributed by atoms with Gasteiger partial charge in [-0.2, -0.15) is 4.68 Å². The van der Waals surface area contributed by atoms with Crippen molar-refractivity contribution in [3.8, 4) is 5.82 Å². The lowest BCUT2D eigenvalue weighted by Crippen LogP contribution is -2.11. The van der Waals surface area contributed by atoms with E-state index in [-0.39, 0.29) is 0 Å². The zero-order valence-corrected chi connectivity index (χ0v) is 12.6. The number of anilines is 1.